The molecular weight excluding hydrogens is 473 g/mol. The number of pyridine rings is 1. The van der Waals surface area contributed by atoms with Crippen molar-refractivity contribution in [3.05, 3.63) is 59.9 Å². The third-order valence-corrected chi connectivity index (χ3v) is 6.54. The second-order valence-electron chi connectivity index (χ2n) is 7.18. The molecule has 2 aromatic rings. The number of sulfone groups is 1. The molecule has 8 nitrogen and oxygen atoms in total. The molecular formula is C19H16ClF3N4O4S. The van der Waals surface area contributed by atoms with Gasteiger partial charge in [0.2, 0.25) is 0 Å². The van der Waals surface area contributed by atoms with Crippen LogP contribution in [-0.2, 0) is 14.6 Å². The van der Waals surface area contributed by atoms with Gasteiger partial charge in [-0.15, -0.1) is 24.8 Å². The zero-order valence-corrected chi connectivity index (χ0v) is 17.9. The third-order valence-electron chi connectivity index (χ3n) is 4.75. The molecule has 1 saturated heterocycles. The molecule has 1 amide bonds. The Kier molecular flexibility index (Phi) is 5.76. The fourth-order valence-corrected chi connectivity index (χ4v) is 5.05. The Labute approximate surface area is 185 Å². The number of nitrogens with zero attached hydrogens (tertiary/aromatic N) is 4. The number of amides is 1. The fraction of sp³-hybridized carbons (Fsp3) is 0.316. The predicted octanol–water partition coefficient (Wildman–Crippen LogP) is 2.91. The van der Waals surface area contributed by atoms with E-state index < -0.39 is 33.4 Å². The lowest BCUT2D eigenvalue weighted by atomic mass is 10.0. The summed E-state index contributed by atoms with van der Waals surface area (Å²) in [5.74, 6) is -1.55. The van der Waals surface area contributed by atoms with Gasteiger partial charge in [0.1, 0.15) is 11.6 Å². The van der Waals surface area contributed by atoms with Crippen LogP contribution in [0.2, 0.25) is 0 Å². The maximum atomic E-state index is 12.9. The Morgan fingerprint density at radius 2 is 2.09 bits per heavy atom. The van der Waals surface area contributed by atoms with Gasteiger partial charge in [-0.2, -0.15) is 5.10 Å². The third kappa shape index (κ3) is 4.96. The van der Waals surface area contributed by atoms with E-state index in [1.807, 2.05) is 0 Å². The summed E-state index contributed by atoms with van der Waals surface area (Å²) >= 11 is 6.14. The molecule has 13 heteroatoms. The van der Waals surface area contributed by atoms with E-state index in [0.29, 0.717) is 5.69 Å². The number of halogens is 4. The van der Waals surface area contributed by atoms with E-state index in [0.717, 1.165) is 4.90 Å². The molecule has 1 atom stereocenters. The van der Waals surface area contributed by atoms with Gasteiger partial charge in [-0.05, 0) is 24.3 Å². The number of aromatic nitrogens is 3. The number of rotatable bonds is 4. The van der Waals surface area contributed by atoms with Crippen molar-refractivity contribution in [3.63, 3.8) is 0 Å². The van der Waals surface area contributed by atoms with E-state index >= 15 is 0 Å². The Balaban J connectivity index is 1.76. The van der Waals surface area contributed by atoms with Crippen LogP contribution in [0.5, 0.6) is 0 Å². The Morgan fingerprint density at radius 3 is 2.72 bits per heavy atom. The summed E-state index contributed by atoms with van der Waals surface area (Å²) in [7, 11) is -3.36. The number of alkyl halides is 4. The monoisotopic (exact) mass is 488 g/mol. The summed E-state index contributed by atoms with van der Waals surface area (Å²) in [6.07, 6.45) is 0.662. The zero-order chi connectivity index (χ0) is 23.1. The van der Waals surface area contributed by atoms with Crippen LogP contribution in [0.1, 0.15) is 22.6 Å². The summed E-state index contributed by atoms with van der Waals surface area (Å²) in [6.45, 7) is 0.0339. The van der Waals surface area contributed by atoms with Crippen LogP contribution >= 0.6 is 11.6 Å². The van der Waals surface area contributed by atoms with Crippen LogP contribution in [0.3, 0.4) is 0 Å². The van der Waals surface area contributed by atoms with Gasteiger partial charge in [0.05, 0.1) is 28.7 Å². The lowest BCUT2D eigenvalue weighted by Gasteiger charge is -2.19. The van der Waals surface area contributed by atoms with Crippen LogP contribution in [0.4, 0.5) is 13.2 Å². The molecule has 0 radical (unpaired) electrons. The van der Waals surface area contributed by atoms with Crippen molar-refractivity contribution in [1.82, 2.24) is 19.7 Å². The summed E-state index contributed by atoms with van der Waals surface area (Å²) in [5, 5.41) is 3.50. The van der Waals surface area contributed by atoms with Gasteiger partial charge in [-0.3, -0.25) is 9.78 Å². The van der Waals surface area contributed by atoms with Gasteiger partial charge in [-0.25, -0.2) is 13.1 Å². The molecule has 1 unspecified atom stereocenters. The van der Waals surface area contributed by atoms with E-state index in [9.17, 15) is 26.4 Å². The van der Waals surface area contributed by atoms with Crippen molar-refractivity contribution in [2.75, 3.05) is 18.2 Å². The van der Waals surface area contributed by atoms with Crippen LogP contribution in [0.15, 0.2) is 48.5 Å². The van der Waals surface area contributed by atoms with Gasteiger partial charge in [0.25, 0.3) is 5.91 Å². The average Bonchev–Trinajstić information content (AvgIpc) is 3.30. The number of carbonyl (C=O) groups is 1. The quantitative estimate of drug-likeness (QED) is 0.614. The predicted molar refractivity (Wildman–Crippen MR) is 109 cm³/mol. The SMILES string of the molecule is O=C(c1cc(C2=CC(Cl)CC(OC(F)(F)F)=C2)n(-c2cccnc2)n1)N1CCS(=O)(=O)C1. The maximum absolute atomic E-state index is 12.9. The van der Waals surface area contributed by atoms with Crippen molar-refractivity contribution < 1.29 is 31.1 Å². The molecule has 1 aliphatic heterocycles. The van der Waals surface area contributed by atoms with E-state index in [1.54, 1.807) is 12.1 Å². The molecule has 170 valence electrons. The zero-order valence-electron chi connectivity index (χ0n) is 16.3. The first-order valence-electron chi connectivity index (χ1n) is 9.33. The minimum absolute atomic E-state index is 0.0339. The number of allylic oxidation sites excluding steroid dienone is 4. The van der Waals surface area contributed by atoms with Gasteiger partial charge < -0.3 is 9.64 Å². The van der Waals surface area contributed by atoms with E-state index in [1.165, 1.54) is 35.3 Å². The van der Waals surface area contributed by atoms with E-state index in [4.69, 9.17) is 11.6 Å². The minimum Gasteiger partial charge on any atom is -0.410 e. The second-order valence-corrected chi connectivity index (χ2v) is 9.90. The summed E-state index contributed by atoms with van der Waals surface area (Å²) < 4.78 is 67.1. The van der Waals surface area contributed by atoms with Gasteiger partial charge in [-0.1, -0.05) is 6.08 Å². The molecule has 0 saturated carbocycles. The largest absolute Gasteiger partial charge is 0.572 e. The van der Waals surface area contributed by atoms with Gasteiger partial charge >= 0.3 is 6.36 Å². The fourth-order valence-electron chi connectivity index (χ4n) is 3.41. The minimum atomic E-state index is -4.88. The Morgan fingerprint density at radius 1 is 1.31 bits per heavy atom. The molecule has 0 aromatic carbocycles. The highest BCUT2D eigenvalue weighted by Gasteiger charge is 2.35. The molecule has 1 aliphatic carbocycles. The van der Waals surface area contributed by atoms with E-state index in [-0.39, 0.29) is 41.4 Å². The van der Waals surface area contributed by atoms with Crippen molar-refractivity contribution in [3.8, 4) is 5.69 Å². The topological polar surface area (TPSA) is 94.4 Å². The molecule has 2 aromatic heterocycles. The van der Waals surface area contributed by atoms with Crippen molar-refractivity contribution in [2.24, 2.45) is 0 Å². The van der Waals surface area contributed by atoms with Crippen molar-refractivity contribution in [1.29, 1.82) is 0 Å². The number of hydrogen-bond donors (Lipinski definition) is 0. The molecule has 3 heterocycles. The molecule has 0 N–H and O–H groups in total. The van der Waals surface area contributed by atoms with Crippen molar-refractivity contribution >= 4 is 32.9 Å². The standard InChI is InChI=1S/C19H16ClF3N4O4S/c20-13-6-12(7-15(8-13)31-19(21,22)23)17-9-16(18(28)26-4-5-32(29,30)11-26)25-27(17)14-2-1-3-24-10-14/h1-3,6-7,9-10,13H,4-5,8,11H2. The van der Waals surface area contributed by atoms with Gasteiger partial charge in [0, 0.05) is 24.7 Å². The number of carbonyl (C=O) groups excluding carboxylic acids is 1. The molecule has 0 bridgehead atoms. The summed E-state index contributed by atoms with van der Waals surface area (Å²) in [4.78, 5) is 18.0. The highest BCUT2D eigenvalue weighted by atomic mass is 35.5. The number of ether oxygens (including phenoxy) is 1. The molecule has 32 heavy (non-hydrogen) atoms. The Bertz CT molecular complexity index is 1210. The molecule has 4 rings (SSSR count). The van der Waals surface area contributed by atoms with Gasteiger partial charge in [0.15, 0.2) is 15.5 Å². The maximum Gasteiger partial charge on any atom is 0.572 e. The first-order valence-corrected chi connectivity index (χ1v) is 11.6. The molecule has 2 aliphatic rings. The smallest absolute Gasteiger partial charge is 0.410 e. The molecule has 0 spiro atoms. The van der Waals surface area contributed by atoms with Crippen LogP contribution in [0, 0.1) is 0 Å². The van der Waals surface area contributed by atoms with E-state index in [2.05, 4.69) is 14.8 Å². The van der Waals surface area contributed by atoms with Crippen LogP contribution < -0.4 is 0 Å². The summed E-state index contributed by atoms with van der Waals surface area (Å²) in [5.41, 5.74) is 0.919. The summed E-state index contributed by atoms with van der Waals surface area (Å²) in [6, 6.07) is 4.65. The van der Waals surface area contributed by atoms with Crippen molar-refractivity contribution in [2.45, 2.75) is 18.2 Å². The highest BCUT2D eigenvalue weighted by molar-refractivity contribution is 7.91. The van der Waals surface area contributed by atoms with Crippen LogP contribution in [-0.4, -0.2) is 63.9 Å². The number of hydrogen-bond acceptors (Lipinski definition) is 6. The average molecular weight is 489 g/mol. The normalized spacial score (nSPS) is 20.6. The lowest BCUT2D eigenvalue weighted by molar-refractivity contribution is -0.306. The lowest BCUT2D eigenvalue weighted by Crippen LogP contribution is -2.29. The molecule has 1 fully saturated rings. The first kappa shape index (κ1) is 22.3. The Hall–Kier alpha value is -2.86. The second kappa shape index (κ2) is 8.24. The highest BCUT2D eigenvalue weighted by Crippen LogP contribution is 2.33. The van der Waals surface area contributed by atoms with Crippen LogP contribution in [0.25, 0.3) is 11.3 Å². The first-order chi connectivity index (χ1) is 15.0.